The molecule has 4 nitrogen and oxygen atoms in total. The van der Waals surface area contributed by atoms with Gasteiger partial charge in [-0.25, -0.2) is 0 Å². The van der Waals surface area contributed by atoms with Crippen LogP contribution in [0.25, 0.3) is 10.4 Å². The fraction of sp³-hybridized carbons (Fsp3) is 0.300. The van der Waals surface area contributed by atoms with Crippen LogP contribution in [0.2, 0.25) is 0 Å². The van der Waals surface area contributed by atoms with E-state index in [1.54, 1.807) is 0 Å². The first kappa shape index (κ1) is 11.6. The third kappa shape index (κ3) is 5.10. The molecule has 0 radical (unpaired) electrons. The van der Waals surface area contributed by atoms with E-state index in [4.69, 9.17) is 5.53 Å². The zero-order valence-corrected chi connectivity index (χ0v) is 8.98. The van der Waals surface area contributed by atoms with Crippen LogP contribution < -0.4 is 0 Å². The molecular formula is C10H11N3OS. The first-order valence-electron chi connectivity index (χ1n) is 4.53. The molecular weight excluding hydrogens is 210 g/mol. The highest BCUT2D eigenvalue weighted by molar-refractivity contribution is 8.12. The Kier molecular flexibility index (Phi) is 5.37. The Balaban J connectivity index is 2.25. The van der Waals surface area contributed by atoms with Gasteiger partial charge in [-0.2, -0.15) is 0 Å². The molecule has 0 saturated heterocycles. The number of rotatable bonds is 5. The molecule has 0 spiro atoms. The molecule has 0 aliphatic rings. The van der Waals surface area contributed by atoms with Crippen molar-refractivity contribution in [2.45, 2.75) is 12.2 Å². The number of carbonyl (C=O) groups excluding carboxylic acids is 1. The number of nitrogens with zero attached hydrogens (tertiary/aromatic N) is 3. The normalized spacial score (nSPS) is 9.33. The van der Waals surface area contributed by atoms with Gasteiger partial charge in [-0.1, -0.05) is 47.2 Å². The fourth-order valence-electron chi connectivity index (χ4n) is 0.996. The van der Waals surface area contributed by atoms with Crippen LogP contribution >= 0.6 is 11.8 Å². The molecule has 0 atom stereocenters. The lowest BCUT2D eigenvalue weighted by atomic mass is 10.2. The van der Waals surface area contributed by atoms with E-state index in [1.165, 1.54) is 11.8 Å². The summed E-state index contributed by atoms with van der Waals surface area (Å²) in [5.74, 6) is 0.677. The lowest BCUT2D eigenvalue weighted by Crippen LogP contribution is -1.94. The summed E-state index contributed by atoms with van der Waals surface area (Å²) in [6.07, 6.45) is 0.307. The van der Waals surface area contributed by atoms with Gasteiger partial charge in [-0.15, -0.1) is 0 Å². The van der Waals surface area contributed by atoms with Gasteiger partial charge in [0, 0.05) is 23.6 Å². The van der Waals surface area contributed by atoms with Crippen molar-refractivity contribution >= 4 is 16.9 Å². The van der Waals surface area contributed by atoms with E-state index in [-0.39, 0.29) is 11.7 Å². The molecule has 0 N–H and O–H groups in total. The summed E-state index contributed by atoms with van der Waals surface area (Å²) in [5.41, 5.74) is 9.15. The fourth-order valence-corrected chi connectivity index (χ4v) is 1.75. The van der Waals surface area contributed by atoms with Crippen molar-refractivity contribution in [3.63, 3.8) is 0 Å². The Hall–Kier alpha value is -1.45. The summed E-state index contributed by atoms with van der Waals surface area (Å²) in [5, 5.41) is 3.37. The Morgan fingerprint density at radius 1 is 1.40 bits per heavy atom. The maximum absolute atomic E-state index is 11.3. The zero-order chi connectivity index (χ0) is 10.9. The molecule has 1 aromatic carbocycles. The van der Waals surface area contributed by atoms with Gasteiger partial charge in [0.05, 0.1) is 0 Å². The van der Waals surface area contributed by atoms with Crippen LogP contribution in [0.4, 0.5) is 0 Å². The second-order valence-electron chi connectivity index (χ2n) is 2.85. The van der Waals surface area contributed by atoms with Gasteiger partial charge in [-0.05, 0) is 11.1 Å². The molecule has 0 amide bonds. The second kappa shape index (κ2) is 6.92. The van der Waals surface area contributed by atoms with Gasteiger partial charge < -0.3 is 0 Å². The van der Waals surface area contributed by atoms with Crippen molar-refractivity contribution in [2.24, 2.45) is 5.11 Å². The van der Waals surface area contributed by atoms with Gasteiger partial charge in [0.15, 0.2) is 5.12 Å². The highest BCUT2D eigenvalue weighted by Crippen LogP contribution is 2.14. The minimum atomic E-state index is 0.0613. The van der Waals surface area contributed by atoms with E-state index in [0.29, 0.717) is 12.2 Å². The number of azide groups is 1. The number of benzene rings is 1. The van der Waals surface area contributed by atoms with E-state index >= 15 is 0 Å². The largest absolute Gasteiger partial charge is 0.287 e. The number of hydrogen-bond acceptors (Lipinski definition) is 3. The van der Waals surface area contributed by atoms with E-state index in [2.05, 4.69) is 10.0 Å². The van der Waals surface area contributed by atoms with Crippen LogP contribution in [0.5, 0.6) is 0 Å². The second-order valence-corrected chi connectivity index (χ2v) is 3.88. The summed E-state index contributed by atoms with van der Waals surface area (Å²) in [7, 11) is 0. The van der Waals surface area contributed by atoms with Crippen molar-refractivity contribution in [1.82, 2.24) is 0 Å². The summed E-state index contributed by atoms with van der Waals surface area (Å²) < 4.78 is 0. The molecule has 0 aromatic heterocycles. The molecule has 5 heteroatoms. The van der Waals surface area contributed by atoms with Crippen LogP contribution in [0.1, 0.15) is 12.0 Å². The minimum Gasteiger partial charge on any atom is -0.287 e. The van der Waals surface area contributed by atoms with Gasteiger partial charge in [0.25, 0.3) is 0 Å². The zero-order valence-electron chi connectivity index (χ0n) is 8.17. The first-order valence-corrected chi connectivity index (χ1v) is 5.52. The smallest absolute Gasteiger partial charge is 0.189 e. The monoisotopic (exact) mass is 221 g/mol. The lowest BCUT2D eigenvalue weighted by Gasteiger charge is -1.99. The van der Waals surface area contributed by atoms with Crippen molar-refractivity contribution in [3.05, 3.63) is 46.3 Å². The predicted molar refractivity (Wildman–Crippen MR) is 61.4 cm³/mol. The van der Waals surface area contributed by atoms with Crippen molar-refractivity contribution < 1.29 is 4.79 Å². The molecule has 78 valence electrons. The van der Waals surface area contributed by atoms with Crippen LogP contribution in [0.15, 0.2) is 35.4 Å². The maximum atomic E-state index is 11.3. The SMILES string of the molecule is [N-]=[N+]=NCCC(=O)SCc1ccccc1. The predicted octanol–water partition coefficient (Wildman–Crippen LogP) is 3.15. The third-order valence-electron chi connectivity index (χ3n) is 1.72. The molecule has 0 saturated carbocycles. The Labute approximate surface area is 92.3 Å². The van der Waals surface area contributed by atoms with Gasteiger partial charge in [0.1, 0.15) is 0 Å². The van der Waals surface area contributed by atoms with Crippen molar-refractivity contribution in [3.8, 4) is 0 Å². The van der Waals surface area contributed by atoms with E-state index in [1.807, 2.05) is 30.3 Å². The van der Waals surface area contributed by atoms with Gasteiger partial charge in [-0.3, -0.25) is 4.79 Å². The summed E-state index contributed by atoms with van der Waals surface area (Å²) in [4.78, 5) is 13.9. The number of hydrogen-bond donors (Lipinski definition) is 0. The van der Waals surface area contributed by atoms with Crippen LogP contribution in [-0.4, -0.2) is 11.7 Å². The van der Waals surface area contributed by atoms with Crippen molar-refractivity contribution in [2.75, 3.05) is 6.54 Å². The minimum absolute atomic E-state index is 0.0613. The van der Waals surface area contributed by atoms with Crippen LogP contribution in [0, 0.1) is 0 Å². The van der Waals surface area contributed by atoms with Crippen LogP contribution in [0.3, 0.4) is 0 Å². The first-order chi connectivity index (χ1) is 7.33. The van der Waals surface area contributed by atoms with Gasteiger partial charge in [0.2, 0.25) is 0 Å². The average molecular weight is 221 g/mol. The lowest BCUT2D eigenvalue weighted by molar-refractivity contribution is -0.110. The van der Waals surface area contributed by atoms with Crippen LogP contribution in [-0.2, 0) is 10.5 Å². The molecule has 0 aliphatic heterocycles. The summed E-state index contributed by atoms with van der Waals surface area (Å²) in [6, 6.07) is 9.79. The number of thioether (sulfide) groups is 1. The highest BCUT2D eigenvalue weighted by atomic mass is 32.2. The Morgan fingerprint density at radius 3 is 2.80 bits per heavy atom. The summed E-state index contributed by atoms with van der Waals surface area (Å²) in [6.45, 7) is 0.247. The molecule has 0 unspecified atom stereocenters. The standard InChI is InChI=1S/C10H11N3OS/c11-13-12-7-6-10(14)15-8-9-4-2-1-3-5-9/h1-5H,6-8H2. The Morgan fingerprint density at radius 2 is 2.13 bits per heavy atom. The van der Waals surface area contributed by atoms with E-state index < -0.39 is 0 Å². The average Bonchev–Trinajstić information content (AvgIpc) is 2.28. The molecule has 15 heavy (non-hydrogen) atoms. The molecule has 0 bridgehead atoms. The topological polar surface area (TPSA) is 65.8 Å². The molecule has 0 aliphatic carbocycles. The van der Waals surface area contributed by atoms with E-state index in [9.17, 15) is 4.79 Å². The maximum Gasteiger partial charge on any atom is 0.189 e. The highest BCUT2D eigenvalue weighted by Gasteiger charge is 2.01. The van der Waals surface area contributed by atoms with Crippen molar-refractivity contribution in [1.29, 1.82) is 0 Å². The quantitative estimate of drug-likeness (QED) is 0.435. The molecule has 1 rings (SSSR count). The Bertz CT molecular complexity index is 360. The third-order valence-corrected chi connectivity index (χ3v) is 2.73. The molecule has 1 aromatic rings. The summed E-state index contributed by atoms with van der Waals surface area (Å²) >= 11 is 1.26. The van der Waals surface area contributed by atoms with E-state index in [0.717, 1.165) is 5.56 Å². The molecule has 0 fully saturated rings. The van der Waals surface area contributed by atoms with Gasteiger partial charge >= 0.3 is 0 Å². The molecule has 0 heterocycles. The number of carbonyl (C=O) groups is 1.